The molecule has 0 spiro atoms. The number of hydrogen-bond donors (Lipinski definition) is 1. The van der Waals surface area contributed by atoms with Crippen LogP contribution in [0.4, 0.5) is 5.69 Å². The predicted molar refractivity (Wildman–Crippen MR) is 77.8 cm³/mol. The molecule has 0 saturated carbocycles. The highest BCUT2D eigenvalue weighted by Crippen LogP contribution is 2.31. The molecular weight excluding hydrogens is 222 g/mol. The second kappa shape index (κ2) is 7.20. The van der Waals surface area contributed by atoms with Gasteiger partial charge >= 0.3 is 0 Å². The number of hydrogen-bond acceptors (Lipinski definition) is 1. The van der Waals surface area contributed by atoms with Crippen molar-refractivity contribution in [2.45, 2.75) is 52.9 Å². The van der Waals surface area contributed by atoms with Crippen LogP contribution in [0.25, 0.3) is 0 Å². The van der Waals surface area contributed by atoms with Crippen LogP contribution < -0.4 is 5.32 Å². The number of benzene rings is 1. The maximum Gasteiger partial charge on any atom is 0.221 e. The number of nitrogens with one attached hydrogen (secondary N) is 1. The Labute approximate surface area is 111 Å². The van der Waals surface area contributed by atoms with E-state index < -0.39 is 0 Å². The normalized spacial score (nSPS) is 14.0. The summed E-state index contributed by atoms with van der Waals surface area (Å²) in [5.74, 6) is 1.32. The van der Waals surface area contributed by atoms with Gasteiger partial charge in [-0.2, -0.15) is 0 Å². The molecule has 0 bridgehead atoms. The molecule has 1 amide bonds. The number of carbonyl (C=O) groups is 1. The fourth-order valence-electron chi connectivity index (χ4n) is 2.39. The van der Waals surface area contributed by atoms with E-state index in [2.05, 4.69) is 38.2 Å². The van der Waals surface area contributed by atoms with Crippen molar-refractivity contribution in [3.05, 3.63) is 29.8 Å². The summed E-state index contributed by atoms with van der Waals surface area (Å²) in [5.41, 5.74) is 2.27. The molecule has 18 heavy (non-hydrogen) atoms. The van der Waals surface area contributed by atoms with Crippen LogP contribution in [-0.2, 0) is 4.79 Å². The van der Waals surface area contributed by atoms with Crippen molar-refractivity contribution in [2.24, 2.45) is 5.92 Å². The first kappa shape index (κ1) is 14.7. The van der Waals surface area contributed by atoms with Gasteiger partial charge in [0, 0.05) is 12.6 Å². The monoisotopic (exact) mass is 247 g/mol. The average Bonchev–Trinajstić information content (AvgIpc) is 2.35. The largest absolute Gasteiger partial charge is 0.326 e. The van der Waals surface area contributed by atoms with E-state index >= 15 is 0 Å². The lowest BCUT2D eigenvalue weighted by molar-refractivity contribution is -0.114. The molecule has 2 nitrogen and oxygen atoms in total. The molecule has 2 unspecified atom stereocenters. The van der Waals surface area contributed by atoms with E-state index in [-0.39, 0.29) is 5.91 Å². The number of rotatable bonds is 6. The van der Waals surface area contributed by atoms with E-state index in [1.165, 1.54) is 31.7 Å². The number of carbonyl (C=O) groups excluding carboxylic acids is 1. The third-order valence-electron chi connectivity index (χ3n) is 3.59. The van der Waals surface area contributed by atoms with Gasteiger partial charge in [-0.25, -0.2) is 0 Å². The number of amides is 1. The highest BCUT2D eigenvalue weighted by Gasteiger charge is 2.16. The first-order chi connectivity index (χ1) is 8.58. The minimum atomic E-state index is -0.0187. The van der Waals surface area contributed by atoms with E-state index in [0.29, 0.717) is 11.8 Å². The Morgan fingerprint density at radius 1 is 1.22 bits per heavy atom. The molecule has 1 aromatic carbocycles. The lowest BCUT2D eigenvalue weighted by atomic mass is 9.82. The van der Waals surface area contributed by atoms with Crippen molar-refractivity contribution >= 4 is 11.6 Å². The molecule has 0 fully saturated rings. The average molecular weight is 247 g/mol. The molecule has 0 aliphatic rings. The highest BCUT2D eigenvalue weighted by atomic mass is 16.1. The Balaban J connectivity index is 2.82. The van der Waals surface area contributed by atoms with Crippen LogP contribution in [0.15, 0.2) is 24.3 Å². The molecule has 2 atom stereocenters. The predicted octanol–water partition coefficient (Wildman–Crippen LogP) is 4.57. The van der Waals surface area contributed by atoms with Gasteiger partial charge in [0.2, 0.25) is 5.91 Å². The SMILES string of the molecule is CCCC(c1ccc(NC(C)=O)cc1)C(C)CC. The second-order valence-corrected chi connectivity index (χ2v) is 5.08. The van der Waals surface area contributed by atoms with E-state index in [1.54, 1.807) is 0 Å². The molecule has 1 aromatic rings. The van der Waals surface area contributed by atoms with Crippen molar-refractivity contribution in [3.63, 3.8) is 0 Å². The third kappa shape index (κ3) is 4.17. The number of anilines is 1. The van der Waals surface area contributed by atoms with Crippen molar-refractivity contribution in [3.8, 4) is 0 Å². The van der Waals surface area contributed by atoms with Gasteiger partial charge in [-0.15, -0.1) is 0 Å². The molecule has 0 aliphatic carbocycles. The maximum absolute atomic E-state index is 11.0. The molecule has 1 rings (SSSR count). The molecule has 0 radical (unpaired) electrons. The van der Waals surface area contributed by atoms with Crippen LogP contribution in [0.5, 0.6) is 0 Å². The molecular formula is C16H25NO. The van der Waals surface area contributed by atoms with Crippen molar-refractivity contribution < 1.29 is 4.79 Å². The van der Waals surface area contributed by atoms with Gasteiger partial charge < -0.3 is 5.32 Å². The van der Waals surface area contributed by atoms with Crippen molar-refractivity contribution in [1.82, 2.24) is 0 Å². The Morgan fingerprint density at radius 3 is 2.28 bits per heavy atom. The van der Waals surface area contributed by atoms with Crippen LogP contribution in [-0.4, -0.2) is 5.91 Å². The molecule has 2 heteroatoms. The lowest BCUT2D eigenvalue weighted by Gasteiger charge is -2.23. The second-order valence-electron chi connectivity index (χ2n) is 5.08. The molecule has 100 valence electrons. The van der Waals surface area contributed by atoms with Crippen molar-refractivity contribution in [2.75, 3.05) is 5.32 Å². The van der Waals surface area contributed by atoms with Crippen LogP contribution in [0, 0.1) is 5.92 Å². The summed E-state index contributed by atoms with van der Waals surface area (Å²) in [7, 11) is 0. The van der Waals surface area contributed by atoms with Gasteiger partial charge in [-0.1, -0.05) is 45.7 Å². The fraction of sp³-hybridized carbons (Fsp3) is 0.562. The van der Waals surface area contributed by atoms with Gasteiger partial charge in [-0.05, 0) is 36.0 Å². The minimum Gasteiger partial charge on any atom is -0.326 e. The Morgan fingerprint density at radius 2 is 1.83 bits per heavy atom. The first-order valence-corrected chi connectivity index (χ1v) is 6.96. The highest BCUT2D eigenvalue weighted by molar-refractivity contribution is 5.88. The van der Waals surface area contributed by atoms with E-state index in [4.69, 9.17) is 0 Å². The van der Waals surface area contributed by atoms with E-state index in [9.17, 15) is 4.79 Å². The smallest absolute Gasteiger partial charge is 0.221 e. The summed E-state index contributed by atoms with van der Waals surface area (Å²) >= 11 is 0. The van der Waals surface area contributed by atoms with Crippen LogP contribution in [0.1, 0.15) is 58.4 Å². The zero-order chi connectivity index (χ0) is 13.5. The van der Waals surface area contributed by atoms with E-state index in [1.807, 2.05) is 12.1 Å². The fourth-order valence-corrected chi connectivity index (χ4v) is 2.39. The van der Waals surface area contributed by atoms with Gasteiger partial charge in [-0.3, -0.25) is 4.79 Å². The van der Waals surface area contributed by atoms with Crippen LogP contribution >= 0.6 is 0 Å². The quantitative estimate of drug-likeness (QED) is 0.783. The summed E-state index contributed by atoms with van der Waals surface area (Å²) in [6.45, 7) is 8.34. The lowest BCUT2D eigenvalue weighted by Crippen LogP contribution is -2.10. The van der Waals surface area contributed by atoms with Gasteiger partial charge in [0.25, 0.3) is 0 Å². The summed E-state index contributed by atoms with van der Waals surface area (Å²) in [6, 6.07) is 8.30. The Bertz CT molecular complexity index is 369. The standard InChI is InChI=1S/C16H25NO/c1-5-7-16(12(3)6-2)14-8-10-15(11-9-14)17-13(4)18/h8-12,16H,5-7H2,1-4H3,(H,17,18). The third-order valence-corrected chi connectivity index (χ3v) is 3.59. The summed E-state index contributed by atoms with van der Waals surface area (Å²) < 4.78 is 0. The van der Waals surface area contributed by atoms with Gasteiger partial charge in [0.1, 0.15) is 0 Å². The zero-order valence-corrected chi connectivity index (χ0v) is 12.0. The molecule has 0 aliphatic heterocycles. The maximum atomic E-state index is 11.0. The minimum absolute atomic E-state index is 0.0187. The van der Waals surface area contributed by atoms with E-state index in [0.717, 1.165) is 5.69 Å². The molecule has 1 N–H and O–H groups in total. The first-order valence-electron chi connectivity index (χ1n) is 6.96. The summed E-state index contributed by atoms with van der Waals surface area (Å²) in [5, 5.41) is 2.81. The zero-order valence-electron chi connectivity index (χ0n) is 12.0. The topological polar surface area (TPSA) is 29.1 Å². The molecule has 0 aromatic heterocycles. The molecule has 0 saturated heterocycles. The summed E-state index contributed by atoms with van der Waals surface area (Å²) in [4.78, 5) is 11.0. The van der Waals surface area contributed by atoms with Crippen LogP contribution in [0.2, 0.25) is 0 Å². The van der Waals surface area contributed by atoms with Gasteiger partial charge in [0.15, 0.2) is 0 Å². The van der Waals surface area contributed by atoms with Crippen LogP contribution in [0.3, 0.4) is 0 Å². The Hall–Kier alpha value is -1.31. The molecule has 0 heterocycles. The van der Waals surface area contributed by atoms with Crippen molar-refractivity contribution in [1.29, 1.82) is 0 Å². The Kier molecular flexibility index (Phi) is 5.90. The van der Waals surface area contributed by atoms with Gasteiger partial charge in [0.05, 0.1) is 0 Å². The summed E-state index contributed by atoms with van der Waals surface area (Å²) in [6.07, 6.45) is 3.65.